The number of thiophene rings is 1. The van der Waals surface area contributed by atoms with Crippen LogP contribution in [0, 0.1) is 6.92 Å². The second-order valence-corrected chi connectivity index (χ2v) is 5.65. The van der Waals surface area contributed by atoms with E-state index in [0.29, 0.717) is 0 Å². The van der Waals surface area contributed by atoms with Crippen molar-refractivity contribution < 1.29 is 0 Å². The zero-order chi connectivity index (χ0) is 13.9. The summed E-state index contributed by atoms with van der Waals surface area (Å²) in [5, 5.41) is 8.80. The van der Waals surface area contributed by atoms with Gasteiger partial charge in [-0.25, -0.2) is 0 Å². The van der Waals surface area contributed by atoms with Gasteiger partial charge in [0.2, 0.25) is 0 Å². The minimum Gasteiger partial charge on any atom is -0.398 e. The highest BCUT2D eigenvalue weighted by molar-refractivity contribution is 7.08. The highest BCUT2D eigenvalue weighted by Gasteiger charge is 2.03. The molecule has 0 aliphatic carbocycles. The van der Waals surface area contributed by atoms with Crippen LogP contribution in [0.25, 0.3) is 10.9 Å². The number of hydrogen-bond acceptors (Lipinski definition) is 4. The average Bonchev–Trinajstić information content (AvgIpc) is 2.85. The van der Waals surface area contributed by atoms with Gasteiger partial charge in [-0.15, -0.1) is 0 Å². The lowest BCUT2D eigenvalue weighted by molar-refractivity contribution is 0.681. The van der Waals surface area contributed by atoms with Crippen molar-refractivity contribution in [2.75, 3.05) is 5.73 Å². The second kappa shape index (κ2) is 5.61. The van der Waals surface area contributed by atoms with Gasteiger partial charge in [0.15, 0.2) is 0 Å². The fraction of sp³-hybridized carbons (Fsp3) is 0.188. The first kappa shape index (κ1) is 13.1. The summed E-state index contributed by atoms with van der Waals surface area (Å²) in [5.41, 5.74) is 11.5. The van der Waals surface area contributed by atoms with E-state index in [1.807, 2.05) is 30.3 Å². The number of pyridine rings is 1. The Kier molecular flexibility index (Phi) is 3.67. The number of benzene rings is 1. The van der Waals surface area contributed by atoms with Gasteiger partial charge in [-0.1, -0.05) is 18.2 Å². The number of anilines is 1. The summed E-state index contributed by atoms with van der Waals surface area (Å²) in [5.74, 6) is 0. The van der Waals surface area contributed by atoms with Crippen molar-refractivity contribution in [1.82, 2.24) is 10.3 Å². The predicted octanol–water partition coefficient (Wildman–Crippen LogP) is 3.48. The molecule has 3 N–H and O–H groups in total. The normalized spacial score (nSPS) is 11.1. The third-order valence-corrected chi connectivity index (χ3v) is 4.29. The van der Waals surface area contributed by atoms with E-state index in [9.17, 15) is 0 Å². The van der Waals surface area contributed by atoms with E-state index in [2.05, 4.69) is 28.0 Å². The first-order valence-electron chi connectivity index (χ1n) is 6.60. The first-order valence-corrected chi connectivity index (χ1v) is 7.55. The van der Waals surface area contributed by atoms with Crippen molar-refractivity contribution in [3.8, 4) is 0 Å². The Labute approximate surface area is 122 Å². The molecule has 20 heavy (non-hydrogen) atoms. The molecule has 0 bridgehead atoms. The molecular weight excluding hydrogens is 266 g/mol. The summed E-state index contributed by atoms with van der Waals surface area (Å²) in [7, 11) is 0. The first-order chi connectivity index (χ1) is 9.74. The molecule has 0 fully saturated rings. The number of nitrogens with zero attached hydrogens (tertiary/aromatic N) is 1. The SMILES string of the molecule is Cc1cscc1CNCc1cc(N)c2ccccc2n1. The van der Waals surface area contributed by atoms with E-state index < -0.39 is 0 Å². The van der Waals surface area contributed by atoms with Crippen molar-refractivity contribution in [2.45, 2.75) is 20.0 Å². The molecule has 0 atom stereocenters. The zero-order valence-electron chi connectivity index (χ0n) is 11.4. The number of rotatable bonds is 4. The lowest BCUT2D eigenvalue weighted by atomic mass is 10.1. The van der Waals surface area contributed by atoms with Crippen molar-refractivity contribution in [2.24, 2.45) is 0 Å². The van der Waals surface area contributed by atoms with Crippen LogP contribution in [-0.4, -0.2) is 4.98 Å². The molecule has 0 saturated carbocycles. The van der Waals surface area contributed by atoms with Gasteiger partial charge in [-0.3, -0.25) is 4.98 Å². The molecule has 0 aliphatic rings. The Morgan fingerprint density at radius 2 is 2.05 bits per heavy atom. The molecule has 2 aromatic heterocycles. The van der Waals surface area contributed by atoms with Crippen LogP contribution in [0.1, 0.15) is 16.8 Å². The van der Waals surface area contributed by atoms with Gasteiger partial charge in [-0.2, -0.15) is 11.3 Å². The molecule has 3 aromatic rings. The van der Waals surface area contributed by atoms with Crippen molar-refractivity contribution in [3.05, 3.63) is 57.9 Å². The Hall–Kier alpha value is -1.91. The van der Waals surface area contributed by atoms with Gasteiger partial charge < -0.3 is 11.1 Å². The topological polar surface area (TPSA) is 50.9 Å². The molecule has 0 amide bonds. The summed E-state index contributed by atoms with van der Waals surface area (Å²) in [6, 6.07) is 9.93. The predicted molar refractivity (Wildman–Crippen MR) is 85.8 cm³/mol. The summed E-state index contributed by atoms with van der Waals surface area (Å²) >= 11 is 1.74. The average molecular weight is 283 g/mol. The zero-order valence-corrected chi connectivity index (χ0v) is 12.2. The number of para-hydroxylation sites is 1. The number of nitrogens with two attached hydrogens (primary N) is 1. The molecule has 102 valence electrons. The molecule has 0 aliphatic heterocycles. The van der Waals surface area contributed by atoms with Gasteiger partial charge in [-0.05, 0) is 40.9 Å². The number of fused-ring (bicyclic) bond motifs is 1. The molecule has 3 nitrogen and oxygen atoms in total. The Morgan fingerprint density at radius 3 is 2.85 bits per heavy atom. The number of aromatic nitrogens is 1. The smallest absolute Gasteiger partial charge is 0.0726 e. The van der Waals surface area contributed by atoms with Crippen LogP contribution in [0.15, 0.2) is 41.1 Å². The van der Waals surface area contributed by atoms with Crippen molar-refractivity contribution in [3.63, 3.8) is 0 Å². The summed E-state index contributed by atoms with van der Waals surface area (Å²) < 4.78 is 0. The van der Waals surface area contributed by atoms with Gasteiger partial charge in [0, 0.05) is 24.2 Å². The Balaban J connectivity index is 1.73. The molecule has 0 radical (unpaired) electrons. The lowest BCUT2D eigenvalue weighted by Crippen LogP contribution is -2.14. The minimum atomic E-state index is 0.727. The molecule has 3 rings (SSSR count). The molecule has 0 saturated heterocycles. The van der Waals surface area contributed by atoms with Crippen LogP contribution in [-0.2, 0) is 13.1 Å². The van der Waals surface area contributed by atoms with Crippen LogP contribution in [0.5, 0.6) is 0 Å². The highest BCUT2D eigenvalue weighted by Crippen LogP contribution is 2.20. The lowest BCUT2D eigenvalue weighted by Gasteiger charge is -2.07. The number of nitrogen functional groups attached to an aromatic ring is 1. The summed E-state index contributed by atoms with van der Waals surface area (Å²) in [6.07, 6.45) is 0. The van der Waals surface area contributed by atoms with Crippen LogP contribution in [0.3, 0.4) is 0 Å². The number of nitrogens with one attached hydrogen (secondary N) is 1. The quantitative estimate of drug-likeness (QED) is 0.770. The minimum absolute atomic E-state index is 0.727. The van der Waals surface area contributed by atoms with E-state index in [-0.39, 0.29) is 0 Å². The number of aryl methyl sites for hydroxylation is 1. The van der Waals surface area contributed by atoms with E-state index in [0.717, 1.165) is 35.4 Å². The van der Waals surface area contributed by atoms with E-state index >= 15 is 0 Å². The summed E-state index contributed by atoms with van der Waals surface area (Å²) in [6.45, 7) is 3.73. The maximum atomic E-state index is 6.08. The van der Waals surface area contributed by atoms with Gasteiger partial charge in [0.25, 0.3) is 0 Å². The van der Waals surface area contributed by atoms with E-state index in [4.69, 9.17) is 5.73 Å². The monoisotopic (exact) mass is 283 g/mol. The molecule has 0 unspecified atom stereocenters. The maximum Gasteiger partial charge on any atom is 0.0726 e. The third-order valence-electron chi connectivity index (χ3n) is 3.38. The third kappa shape index (κ3) is 2.66. The molecule has 2 heterocycles. The standard InChI is InChI=1S/C16H17N3S/c1-11-9-20-10-12(11)7-18-8-13-6-15(17)14-4-2-3-5-16(14)19-13/h2-6,9-10,18H,7-8H2,1H3,(H2,17,19). The maximum absolute atomic E-state index is 6.08. The van der Waals surface area contributed by atoms with E-state index in [1.165, 1.54) is 11.1 Å². The van der Waals surface area contributed by atoms with Gasteiger partial charge in [0.1, 0.15) is 0 Å². The summed E-state index contributed by atoms with van der Waals surface area (Å²) in [4.78, 5) is 4.64. The van der Waals surface area contributed by atoms with E-state index in [1.54, 1.807) is 11.3 Å². The molecule has 1 aromatic carbocycles. The Morgan fingerprint density at radius 1 is 1.20 bits per heavy atom. The molecular formula is C16H17N3S. The van der Waals surface area contributed by atoms with Gasteiger partial charge >= 0.3 is 0 Å². The largest absolute Gasteiger partial charge is 0.398 e. The fourth-order valence-electron chi connectivity index (χ4n) is 2.24. The van der Waals surface area contributed by atoms with Crippen LogP contribution in [0.4, 0.5) is 5.69 Å². The number of hydrogen-bond donors (Lipinski definition) is 2. The van der Waals surface area contributed by atoms with Crippen molar-refractivity contribution >= 4 is 27.9 Å². The van der Waals surface area contributed by atoms with Crippen LogP contribution in [0.2, 0.25) is 0 Å². The van der Waals surface area contributed by atoms with Gasteiger partial charge in [0.05, 0.1) is 11.2 Å². The molecule has 4 heteroatoms. The van der Waals surface area contributed by atoms with Crippen LogP contribution < -0.4 is 11.1 Å². The van der Waals surface area contributed by atoms with Crippen LogP contribution >= 0.6 is 11.3 Å². The van der Waals surface area contributed by atoms with Crippen molar-refractivity contribution in [1.29, 1.82) is 0 Å². The fourth-order valence-corrected chi connectivity index (χ4v) is 3.10. The second-order valence-electron chi connectivity index (χ2n) is 4.90. The molecule has 0 spiro atoms. The Bertz CT molecular complexity index is 733. The highest BCUT2D eigenvalue weighted by atomic mass is 32.1.